The van der Waals surface area contributed by atoms with Gasteiger partial charge in [-0.15, -0.1) is 10.2 Å². The van der Waals surface area contributed by atoms with Crippen molar-refractivity contribution in [2.45, 2.75) is 26.7 Å². The van der Waals surface area contributed by atoms with Crippen molar-refractivity contribution in [1.29, 1.82) is 0 Å². The maximum absolute atomic E-state index is 12.3. The summed E-state index contributed by atoms with van der Waals surface area (Å²) in [6, 6.07) is 9.72. The molecule has 0 bridgehead atoms. The van der Waals surface area contributed by atoms with Crippen LogP contribution in [0.15, 0.2) is 40.9 Å². The summed E-state index contributed by atoms with van der Waals surface area (Å²) < 4.78 is 7.38. The fourth-order valence-corrected chi connectivity index (χ4v) is 2.99. The number of rotatable bonds is 5. The highest BCUT2D eigenvalue weighted by Crippen LogP contribution is 2.20. The third kappa shape index (κ3) is 3.62. The molecule has 1 N–H and O–H groups in total. The highest BCUT2D eigenvalue weighted by Gasteiger charge is 2.12. The summed E-state index contributed by atoms with van der Waals surface area (Å²) in [5.41, 5.74) is 4.31. The molecule has 0 fully saturated rings. The highest BCUT2D eigenvalue weighted by molar-refractivity contribution is 5.93. The Labute approximate surface area is 161 Å². The molecule has 0 spiro atoms. The van der Waals surface area contributed by atoms with Crippen LogP contribution in [0.2, 0.25) is 0 Å². The van der Waals surface area contributed by atoms with Crippen LogP contribution in [0.1, 0.15) is 23.6 Å². The summed E-state index contributed by atoms with van der Waals surface area (Å²) in [6.07, 6.45) is 2.23. The van der Waals surface area contributed by atoms with Crippen LogP contribution >= 0.6 is 0 Å². The Balaban J connectivity index is 1.38. The average molecular weight is 376 g/mol. The largest absolute Gasteiger partial charge is 0.421 e. The van der Waals surface area contributed by atoms with Gasteiger partial charge in [-0.2, -0.15) is 5.10 Å². The number of anilines is 1. The van der Waals surface area contributed by atoms with Gasteiger partial charge >= 0.3 is 0 Å². The Morgan fingerprint density at radius 1 is 1.18 bits per heavy atom. The van der Waals surface area contributed by atoms with Crippen LogP contribution in [-0.4, -0.2) is 30.9 Å². The highest BCUT2D eigenvalue weighted by atomic mass is 16.4. The fourth-order valence-electron chi connectivity index (χ4n) is 2.99. The number of carbonyl (C=O) groups excluding carboxylic acids is 1. The van der Waals surface area contributed by atoms with Gasteiger partial charge in [0.15, 0.2) is 5.65 Å². The number of carbonyl (C=O) groups is 1. The van der Waals surface area contributed by atoms with E-state index in [0.717, 1.165) is 27.9 Å². The Morgan fingerprint density at radius 3 is 2.75 bits per heavy atom. The number of fused-ring (bicyclic) bond motifs is 1. The monoisotopic (exact) mass is 376 g/mol. The summed E-state index contributed by atoms with van der Waals surface area (Å²) in [6.45, 7) is 3.93. The molecule has 142 valence electrons. The normalized spacial score (nSPS) is 11.1. The van der Waals surface area contributed by atoms with Crippen molar-refractivity contribution in [2.75, 3.05) is 5.32 Å². The molecule has 4 aromatic rings. The zero-order valence-electron chi connectivity index (χ0n) is 15.9. The average Bonchev–Trinajstić information content (AvgIpc) is 3.26. The molecular formula is C20H20N6O2. The number of pyridine rings is 1. The van der Waals surface area contributed by atoms with Gasteiger partial charge in [-0.25, -0.2) is 4.98 Å². The van der Waals surface area contributed by atoms with Gasteiger partial charge in [-0.05, 0) is 32.0 Å². The van der Waals surface area contributed by atoms with Crippen molar-refractivity contribution in [2.24, 2.45) is 7.05 Å². The van der Waals surface area contributed by atoms with E-state index in [1.54, 1.807) is 10.9 Å². The number of benzene rings is 1. The fraction of sp³-hybridized carbons (Fsp3) is 0.250. The Morgan fingerprint density at radius 2 is 1.96 bits per heavy atom. The molecule has 4 rings (SSSR count). The van der Waals surface area contributed by atoms with Crippen LogP contribution in [0.5, 0.6) is 0 Å². The first-order chi connectivity index (χ1) is 13.5. The van der Waals surface area contributed by atoms with E-state index in [1.165, 1.54) is 0 Å². The maximum Gasteiger partial charge on any atom is 0.247 e. The molecule has 0 aliphatic heterocycles. The van der Waals surface area contributed by atoms with Crippen LogP contribution < -0.4 is 5.32 Å². The molecule has 0 radical (unpaired) electrons. The molecule has 0 saturated carbocycles. The van der Waals surface area contributed by atoms with Gasteiger partial charge in [0.1, 0.15) is 0 Å². The minimum absolute atomic E-state index is 0.141. The first kappa shape index (κ1) is 17.8. The molecule has 3 aromatic heterocycles. The minimum Gasteiger partial charge on any atom is -0.421 e. The lowest BCUT2D eigenvalue weighted by Gasteiger charge is -2.04. The molecule has 8 heteroatoms. The third-order valence-corrected chi connectivity index (χ3v) is 4.48. The van der Waals surface area contributed by atoms with E-state index in [0.29, 0.717) is 23.9 Å². The Kier molecular flexibility index (Phi) is 4.60. The third-order valence-electron chi connectivity index (χ3n) is 4.48. The van der Waals surface area contributed by atoms with Crippen molar-refractivity contribution < 1.29 is 9.21 Å². The smallest absolute Gasteiger partial charge is 0.247 e. The quantitative estimate of drug-likeness (QED) is 0.574. The van der Waals surface area contributed by atoms with Crippen molar-refractivity contribution in [3.63, 3.8) is 0 Å². The lowest BCUT2D eigenvalue weighted by atomic mass is 10.1. The van der Waals surface area contributed by atoms with E-state index < -0.39 is 0 Å². The predicted octanol–water partition coefficient (Wildman–Crippen LogP) is 3.21. The van der Waals surface area contributed by atoms with Gasteiger partial charge in [-0.1, -0.05) is 17.7 Å². The van der Waals surface area contributed by atoms with Crippen LogP contribution in [0.25, 0.3) is 22.5 Å². The first-order valence-electron chi connectivity index (χ1n) is 8.98. The molecule has 0 saturated heterocycles. The SMILES string of the molecule is Cc1ccc(-c2nnc(CCC(=O)Nc3cnc4c(c3)c(C)nn4C)o2)cc1. The van der Waals surface area contributed by atoms with Crippen molar-refractivity contribution in [1.82, 2.24) is 25.0 Å². The topological polar surface area (TPSA) is 98.7 Å². The van der Waals surface area contributed by atoms with E-state index in [1.807, 2.05) is 51.2 Å². The molecule has 0 aliphatic rings. The predicted molar refractivity (Wildman–Crippen MR) is 105 cm³/mol. The van der Waals surface area contributed by atoms with Gasteiger partial charge in [0.2, 0.25) is 17.7 Å². The van der Waals surface area contributed by atoms with Crippen molar-refractivity contribution >= 4 is 22.6 Å². The van der Waals surface area contributed by atoms with E-state index >= 15 is 0 Å². The van der Waals surface area contributed by atoms with E-state index in [2.05, 4.69) is 25.6 Å². The number of hydrogen-bond acceptors (Lipinski definition) is 6. The first-order valence-corrected chi connectivity index (χ1v) is 8.98. The lowest BCUT2D eigenvalue weighted by molar-refractivity contribution is -0.116. The Bertz CT molecular complexity index is 1140. The second-order valence-electron chi connectivity index (χ2n) is 6.72. The van der Waals surface area contributed by atoms with E-state index in [-0.39, 0.29) is 12.3 Å². The number of nitrogens with one attached hydrogen (secondary N) is 1. The molecule has 1 amide bonds. The van der Waals surface area contributed by atoms with Crippen LogP contribution in [0.4, 0.5) is 5.69 Å². The van der Waals surface area contributed by atoms with Gasteiger partial charge in [0.05, 0.1) is 17.6 Å². The van der Waals surface area contributed by atoms with Gasteiger partial charge in [-0.3, -0.25) is 9.48 Å². The molecule has 0 aliphatic carbocycles. The van der Waals surface area contributed by atoms with Crippen LogP contribution in [0, 0.1) is 13.8 Å². The Hall–Kier alpha value is -3.55. The molecule has 0 atom stereocenters. The second-order valence-corrected chi connectivity index (χ2v) is 6.72. The number of hydrogen-bond donors (Lipinski definition) is 1. The van der Waals surface area contributed by atoms with Gasteiger partial charge < -0.3 is 9.73 Å². The molecule has 3 heterocycles. The van der Waals surface area contributed by atoms with Crippen LogP contribution in [-0.2, 0) is 18.3 Å². The van der Waals surface area contributed by atoms with Crippen molar-refractivity contribution in [3.05, 3.63) is 53.7 Å². The summed E-state index contributed by atoms with van der Waals surface area (Å²) in [4.78, 5) is 16.6. The number of aromatic nitrogens is 5. The summed E-state index contributed by atoms with van der Waals surface area (Å²) in [5.74, 6) is 0.747. The molecular weight excluding hydrogens is 356 g/mol. The zero-order chi connectivity index (χ0) is 19.7. The molecule has 0 unspecified atom stereocenters. The van der Waals surface area contributed by atoms with E-state index in [4.69, 9.17) is 4.42 Å². The molecule has 1 aromatic carbocycles. The van der Waals surface area contributed by atoms with Crippen LogP contribution in [0.3, 0.4) is 0 Å². The number of aryl methyl sites for hydroxylation is 4. The lowest BCUT2D eigenvalue weighted by Crippen LogP contribution is -2.12. The second kappa shape index (κ2) is 7.22. The zero-order valence-corrected chi connectivity index (χ0v) is 15.9. The maximum atomic E-state index is 12.3. The molecule has 8 nitrogen and oxygen atoms in total. The standard InChI is InChI=1S/C20H20N6O2/c1-12-4-6-14(7-5-12)20-24-23-18(28-20)9-8-17(27)22-15-10-16-13(2)25-26(3)19(16)21-11-15/h4-7,10-11H,8-9H2,1-3H3,(H,22,27). The van der Waals surface area contributed by atoms with Gasteiger partial charge in [0, 0.05) is 30.8 Å². The minimum atomic E-state index is -0.141. The van der Waals surface area contributed by atoms with E-state index in [9.17, 15) is 4.79 Å². The molecule has 28 heavy (non-hydrogen) atoms. The summed E-state index contributed by atoms with van der Waals surface area (Å²) in [7, 11) is 1.84. The van der Waals surface area contributed by atoms with Crippen molar-refractivity contribution in [3.8, 4) is 11.5 Å². The summed E-state index contributed by atoms with van der Waals surface area (Å²) >= 11 is 0. The summed E-state index contributed by atoms with van der Waals surface area (Å²) in [5, 5.41) is 16.2. The van der Waals surface area contributed by atoms with Gasteiger partial charge in [0.25, 0.3) is 0 Å². The number of nitrogens with zero attached hydrogens (tertiary/aromatic N) is 5. The number of amides is 1.